The van der Waals surface area contributed by atoms with E-state index in [-0.39, 0.29) is 17.2 Å². The molecule has 5 aromatic rings. The highest BCUT2D eigenvalue weighted by Gasteiger charge is 2.19. The average Bonchev–Trinajstić information content (AvgIpc) is 3.27. The highest BCUT2D eigenvalue weighted by atomic mass is 19.1. The Labute approximate surface area is 199 Å². The van der Waals surface area contributed by atoms with Gasteiger partial charge in [0.05, 0.1) is 17.8 Å². The number of hydrogen-bond donors (Lipinski definition) is 2. The Balaban J connectivity index is 1.64. The van der Waals surface area contributed by atoms with Gasteiger partial charge in [-0.25, -0.2) is 9.37 Å². The largest absolute Gasteiger partial charge is 0.378 e. The summed E-state index contributed by atoms with van der Waals surface area (Å²) in [4.78, 5) is 29.7. The SMILES string of the molecule is Cc1cc(C(C)Nc2ccccc2-c2cc(=O)[nH]o2)c2nc(-c3cccc(F)c3)c(C)c(=O)n2c1. The first-order chi connectivity index (χ1) is 16.8. The summed E-state index contributed by atoms with van der Waals surface area (Å²) in [5.74, 6) is 0.0221. The lowest BCUT2D eigenvalue weighted by atomic mass is 10.0. The Morgan fingerprint density at radius 3 is 2.60 bits per heavy atom. The number of nitrogens with zero attached hydrogens (tertiary/aromatic N) is 2. The second kappa shape index (κ2) is 8.72. The molecule has 0 aliphatic heterocycles. The average molecular weight is 471 g/mol. The van der Waals surface area contributed by atoms with Gasteiger partial charge in [-0.2, -0.15) is 5.16 Å². The predicted octanol–water partition coefficient (Wildman–Crippen LogP) is 5.24. The van der Waals surface area contributed by atoms with E-state index in [0.29, 0.717) is 28.2 Å². The zero-order valence-electron chi connectivity index (χ0n) is 19.4. The van der Waals surface area contributed by atoms with E-state index in [1.807, 2.05) is 44.2 Å². The molecule has 7 nitrogen and oxygen atoms in total. The number of nitrogens with one attached hydrogen (secondary N) is 2. The van der Waals surface area contributed by atoms with Crippen LogP contribution in [0, 0.1) is 19.7 Å². The van der Waals surface area contributed by atoms with Crippen molar-refractivity contribution >= 4 is 11.3 Å². The number of pyridine rings is 1. The van der Waals surface area contributed by atoms with Crippen molar-refractivity contribution in [3.63, 3.8) is 0 Å². The monoisotopic (exact) mass is 470 g/mol. The second-order valence-electron chi connectivity index (χ2n) is 8.56. The van der Waals surface area contributed by atoms with Gasteiger partial charge >= 0.3 is 0 Å². The van der Waals surface area contributed by atoms with Gasteiger partial charge in [-0.3, -0.25) is 14.0 Å². The highest BCUT2D eigenvalue weighted by molar-refractivity contribution is 5.75. The van der Waals surface area contributed by atoms with Gasteiger partial charge in [0.2, 0.25) is 0 Å². The van der Waals surface area contributed by atoms with Gasteiger partial charge in [0.1, 0.15) is 11.5 Å². The summed E-state index contributed by atoms with van der Waals surface area (Å²) < 4.78 is 20.8. The van der Waals surface area contributed by atoms with Crippen LogP contribution in [0.15, 0.2) is 81.0 Å². The minimum absolute atomic E-state index is 0.207. The molecule has 0 saturated carbocycles. The fraction of sp³-hybridized carbons (Fsp3) is 0.148. The maximum Gasteiger partial charge on any atom is 0.280 e. The van der Waals surface area contributed by atoms with Gasteiger partial charge in [0.15, 0.2) is 5.76 Å². The van der Waals surface area contributed by atoms with Crippen molar-refractivity contribution in [2.24, 2.45) is 0 Å². The van der Waals surface area contributed by atoms with Crippen LogP contribution < -0.4 is 16.4 Å². The van der Waals surface area contributed by atoms with Crippen LogP contribution in [0.25, 0.3) is 28.2 Å². The first-order valence-corrected chi connectivity index (χ1v) is 11.2. The summed E-state index contributed by atoms with van der Waals surface area (Å²) in [6.07, 6.45) is 1.76. The number of H-pyrrole nitrogens is 1. The van der Waals surface area contributed by atoms with Gasteiger partial charge in [-0.05, 0) is 56.7 Å². The van der Waals surface area contributed by atoms with E-state index in [0.717, 1.165) is 22.4 Å². The quantitative estimate of drug-likeness (QED) is 0.367. The molecular formula is C27H23FN4O3. The summed E-state index contributed by atoms with van der Waals surface area (Å²) in [5.41, 5.74) is 4.55. The Kier molecular flexibility index (Phi) is 5.56. The zero-order chi connectivity index (χ0) is 24.7. The number of hydrogen-bond acceptors (Lipinski definition) is 5. The van der Waals surface area contributed by atoms with Gasteiger partial charge in [-0.1, -0.05) is 24.3 Å². The van der Waals surface area contributed by atoms with Crippen LogP contribution in [0.2, 0.25) is 0 Å². The summed E-state index contributed by atoms with van der Waals surface area (Å²) in [6, 6.07) is 16.6. The van der Waals surface area contributed by atoms with Crippen LogP contribution in [-0.2, 0) is 0 Å². The number of para-hydroxylation sites is 1. The molecule has 0 aliphatic carbocycles. The Morgan fingerprint density at radius 2 is 1.86 bits per heavy atom. The van der Waals surface area contributed by atoms with Crippen molar-refractivity contribution < 1.29 is 8.91 Å². The van der Waals surface area contributed by atoms with Crippen LogP contribution in [0.3, 0.4) is 0 Å². The minimum Gasteiger partial charge on any atom is -0.378 e. The predicted molar refractivity (Wildman–Crippen MR) is 133 cm³/mol. The molecule has 0 aliphatic rings. The number of benzene rings is 2. The van der Waals surface area contributed by atoms with Gasteiger partial charge in [0.25, 0.3) is 11.1 Å². The summed E-state index contributed by atoms with van der Waals surface area (Å²) in [6.45, 7) is 5.58. The molecule has 8 heteroatoms. The van der Waals surface area contributed by atoms with Crippen LogP contribution in [-0.4, -0.2) is 14.5 Å². The van der Waals surface area contributed by atoms with Gasteiger partial charge < -0.3 is 9.84 Å². The minimum atomic E-state index is -0.393. The van der Waals surface area contributed by atoms with Crippen molar-refractivity contribution in [2.75, 3.05) is 5.32 Å². The van der Waals surface area contributed by atoms with Crippen molar-refractivity contribution in [3.05, 3.63) is 110 Å². The van der Waals surface area contributed by atoms with E-state index >= 15 is 0 Å². The normalized spacial score (nSPS) is 12.1. The molecule has 3 aromatic heterocycles. The van der Waals surface area contributed by atoms with Crippen LogP contribution in [0.4, 0.5) is 10.1 Å². The first-order valence-electron chi connectivity index (χ1n) is 11.2. The molecule has 35 heavy (non-hydrogen) atoms. The van der Waals surface area contributed by atoms with Crippen LogP contribution >= 0.6 is 0 Å². The molecule has 0 radical (unpaired) electrons. The van der Waals surface area contributed by atoms with E-state index in [4.69, 9.17) is 9.51 Å². The Hall–Kier alpha value is -4.46. The number of aromatic amines is 1. The van der Waals surface area contributed by atoms with Crippen LogP contribution in [0.5, 0.6) is 0 Å². The van der Waals surface area contributed by atoms with Crippen molar-refractivity contribution in [3.8, 4) is 22.6 Å². The van der Waals surface area contributed by atoms with Crippen molar-refractivity contribution in [1.82, 2.24) is 14.5 Å². The van der Waals surface area contributed by atoms with E-state index in [1.54, 1.807) is 25.3 Å². The molecule has 0 spiro atoms. The van der Waals surface area contributed by atoms with Gasteiger partial charge in [0, 0.05) is 34.1 Å². The standard InChI is InChI=1S/C27H23FN4O3/c1-15-11-21(17(3)29-22-10-5-4-9-20(22)23-13-24(33)31-35-23)26-30-25(16(2)27(34)32(26)14-15)18-7-6-8-19(28)12-18/h4-14,17,29H,1-3H3,(H,31,33). The third kappa shape index (κ3) is 4.14. The first kappa shape index (κ1) is 22.3. The summed E-state index contributed by atoms with van der Waals surface area (Å²) in [5, 5.41) is 5.78. The lowest BCUT2D eigenvalue weighted by Gasteiger charge is -2.20. The van der Waals surface area contributed by atoms with Crippen LogP contribution in [0.1, 0.15) is 29.7 Å². The molecule has 0 amide bonds. The fourth-order valence-corrected chi connectivity index (χ4v) is 4.28. The van der Waals surface area contributed by atoms with E-state index in [2.05, 4.69) is 10.5 Å². The third-order valence-corrected chi connectivity index (χ3v) is 5.97. The molecule has 2 N–H and O–H groups in total. The number of aryl methyl sites for hydroxylation is 1. The lowest BCUT2D eigenvalue weighted by Crippen LogP contribution is -2.22. The Morgan fingerprint density at radius 1 is 1.06 bits per heavy atom. The summed E-state index contributed by atoms with van der Waals surface area (Å²) in [7, 11) is 0. The van der Waals surface area contributed by atoms with E-state index in [1.165, 1.54) is 22.6 Å². The molecule has 2 aromatic carbocycles. The molecule has 1 atom stereocenters. The second-order valence-corrected chi connectivity index (χ2v) is 8.56. The number of halogens is 1. The Bertz CT molecular complexity index is 1680. The zero-order valence-corrected chi connectivity index (χ0v) is 19.4. The molecule has 5 rings (SSSR count). The molecular weight excluding hydrogens is 447 g/mol. The fourth-order valence-electron chi connectivity index (χ4n) is 4.28. The van der Waals surface area contributed by atoms with Crippen molar-refractivity contribution in [1.29, 1.82) is 0 Å². The number of rotatable bonds is 5. The molecule has 0 saturated heterocycles. The van der Waals surface area contributed by atoms with Gasteiger partial charge in [-0.15, -0.1) is 0 Å². The maximum absolute atomic E-state index is 13.9. The molecule has 0 bridgehead atoms. The molecule has 1 unspecified atom stereocenters. The van der Waals surface area contributed by atoms with E-state index in [9.17, 15) is 14.0 Å². The number of fused-ring (bicyclic) bond motifs is 1. The van der Waals surface area contributed by atoms with Crippen molar-refractivity contribution in [2.45, 2.75) is 26.8 Å². The lowest BCUT2D eigenvalue weighted by molar-refractivity contribution is 0.426. The number of aromatic nitrogens is 3. The topological polar surface area (TPSA) is 92.4 Å². The molecule has 176 valence electrons. The van der Waals surface area contributed by atoms with E-state index < -0.39 is 5.82 Å². The molecule has 3 heterocycles. The number of anilines is 1. The summed E-state index contributed by atoms with van der Waals surface area (Å²) >= 11 is 0. The third-order valence-electron chi connectivity index (χ3n) is 5.97. The smallest absolute Gasteiger partial charge is 0.280 e. The maximum atomic E-state index is 13.9. The highest BCUT2D eigenvalue weighted by Crippen LogP contribution is 2.31. The molecule has 0 fully saturated rings.